The van der Waals surface area contributed by atoms with Gasteiger partial charge in [0.15, 0.2) is 0 Å². The second-order valence-corrected chi connectivity index (χ2v) is 9.37. The molecule has 0 spiro atoms. The van der Waals surface area contributed by atoms with Gasteiger partial charge < -0.3 is 26.6 Å². The van der Waals surface area contributed by atoms with Crippen LogP contribution in [0.5, 0.6) is 0 Å². The van der Waals surface area contributed by atoms with E-state index in [-0.39, 0.29) is 11.7 Å². The van der Waals surface area contributed by atoms with Gasteiger partial charge in [0, 0.05) is 17.6 Å². The molecular formula is C22H33N3O5S2. The van der Waals surface area contributed by atoms with Gasteiger partial charge in [-0.05, 0) is 30.4 Å². The van der Waals surface area contributed by atoms with Crippen LogP contribution in [0.2, 0.25) is 0 Å². The van der Waals surface area contributed by atoms with E-state index in [4.69, 9.17) is 5.73 Å². The molecule has 32 heavy (non-hydrogen) atoms. The Morgan fingerprint density at radius 1 is 1.22 bits per heavy atom. The highest BCUT2D eigenvalue weighted by Gasteiger charge is 2.60. The van der Waals surface area contributed by atoms with Crippen molar-refractivity contribution in [2.24, 2.45) is 17.6 Å². The van der Waals surface area contributed by atoms with Crippen LogP contribution in [0.25, 0.3) is 0 Å². The van der Waals surface area contributed by atoms with Gasteiger partial charge >= 0.3 is 5.97 Å². The van der Waals surface area contributed by atoms with Crippen LogP contribution >= 0.6 is 24.4 Å². The van der Waals surface area contributed by atoms with E-state index < -0.39 is 53.8 Å². The molecule has 10 heteroatoms. The maximum Gasteiger partial charge on any atom is 0.326 e. The average molecular weight is 484 g/mol. The minimum atomic E-state index is -1.08. The molecule has 0 bridgehead atoms. The Balaban J connectivity index is 2.21. The molecule has 0 heterocycles. The number of nitrogens with one attached hydrogen (secondary N) is 2. The minimum Gasteiger partial charge on any atom is -0.480 e. The second kappa shape index (κ2) is 12.5. The minimum absolute atomic E-state index is 0.173. The van der Waals surface area contributed by atoms with Crippen molar-refractivity contribution in [3.05, 3.63) is 35.9 Å². The topological polar surface area (TPSA) is 142 Å². The summed E-state index contributed by atoms with van der Waals surface area (Å²) in [5.41, 5.74) is 6.63. The van der Waals surface area contributed by atoms with Crippen LogP contribution in [-0.2, 0) is 14.4 Å². The van der Waals surface area contributed by atoms with E-state index in [1.165, 1.54) is 11.8 Å². The number of aliphatic hydroxyl groups is 1. The number of thioether (sulfide) groups is 1. The average Bonchev–Trinajstić information content (AvgIpc) is 3.55. The van der Waals surface area contributed by atoms with Gasteiger partial charge in [-0.3, -0.25) is 9.59 Å². The van der Waals surface area contributed by atoms with E-state index >= 15 is 0 Å². The fraction of sp³-hybridized carbons (Fsp3) is 0.591. The number of aliphatic hydroxyl groups excluding tert-OH is 1. The molecule has 0 aromatic heterocycles. The van der Waals surface area contributed by atoms with Crippen molar-refractivity contribution in [2.45, 2.75) is 49.9 Å². The highest BCUT2D eigenvalue weighted by atomic mass is 32.2. The second-order valence-electron chi connectivity index (χ2n) is 8.02. The number of rotatable bonds is 13. The fourth-order valence-corrected chi connectivity index (χ4v) is 4.67. The number of benzene rings is 1. The lowest BCUT2D eigenvalue weighted by atomic mass is 9.99. The summed E-state index contributed by atoms with van der Waals surface area (Å²) in [5.74, 6) is -2.43. The quantitative estimate of drug-likeness (QED) is 0.228. The van der Waals surface area contributed by atoms with E-state index in [0.29, 0.717) is 18.6 Å². The molecule has 2 amide bonds. The summed E-state index contributed by atoms with van der Waals surface area (Å²) in [5, 5.41) is 26.0. The van der Waals surface area contributed by atoms with E-state index in [1.807, 2.05) is 43.5 Å². The van der Waals surface area contributed by atoms with Gasteiger partial charge in [-0.15, -0.1) is 0 Å². The summed E-state index contributed by atoms with van der Waals surface area (Å²) in [4.78, 5) is 36.9. The summed E-state index contributed by atoms with van der Waals surface area (Å²) in [6.07, 6.45) is 1.64. The van der Waals surface area contributed by atoms with Crippen molar-refractivity contribution in [2.75, 3.05) is 17.8 Å². The first kappa shape index (κ1) is 26.5. The lowest BCUT2D eigenvalue weighted by Gasteiger charge is -2.25. The molecule has 1 saturated carbocycles. The van der Waals surface area contributed by atoms with Crippen LogP contribution in [-0.4, -0.2) is 70.0 Å². The van der Waals surface area contributed by atoms with Crippen LogP contribution < -0.4 is 16.4 Å². The summed E-state index contributed by atoms with van der Waals surface area (Å²) in [7, 11) is 0. The normalized spacial score (nSPS) is 23.5. The Hall–Kier alpha value is -1.75. The van der Waals surface area contributed by atoms with E-state index in [0.717, 1.165) is 5.56 Å². The van der Waals surface area contributed by atoms with Crippen molar-refractivity contribution in [3.8, 4) is 0 Å². The highest BCUT2D eigenvalue weighted by Crippen LogP contribution is 2.56. The highest BCUT2D eigenvalue weighted by molar-refractivity contribution is 7.98. The summed E-state index contributed by atoms with van der Waals surface area (Å²) < 4.78 is 0. The Morgan fingerprint density at radius 3 is 2.41 bits per heavy atom. The molecule has 7 atom stereocenters. The third kappa shape index (κ3) is 6.63. The van der Waals surface area contributed by atoms with E-state index in [1.54, 1.807) is 0 Å². The van der Waals surface area contributed by atoms with Gasteiger partial charge in [0.25, 0.3) is 0 Å². The van der Waals surface area contributed by atoms with Crippen molar-refractivity contribution < 1.29 is 24.6 Å². The number of hydrogen-bond acceptors (Lipinski definition) is 7. The third-order valence-corrected chi connectivity index (χ3v) is 6.93. The molecule has 2 rings (SSSR count). The Kier molecular flexibility index (Phi) is 10.3. The molecule has 1 aromatic carbocycles. The lowest BCUT2D eigenvalue weighted by molar-refractivity contribution is -0.142. The van der Waals surface area contributed by atoms with Gasteiger partial charge in [-0.2, -0.15) is 24.4 Å². The van der Waals surface area contributed by atoms with Crippen molar-refractivity contribution in [1.29, 1.82) is 0 Å². The SMILES string of the molecule is CC[C@H](NC(=O)[C@@H](N)CS)[C@@H](O)[C@H]1[C@H](C(=O)N[C@@H](CCSC)C(=O)O)[C@H]1c1ccccc1. The summed E-state index contributed by atoms with van der Waals surface area (Å²) >= 11 is 5.54. The van der Waals surface area contributed by atoms with Crippen molar-refractivity contribution in [3.63, 3.8) is 0 Å². The molecule has 6 N–H and O–H groups in total. The monoisotopic (exact) mass is 483 g/mol. The first-order valence-corrected chi connectivity index (χ1v) is 12.7. The molecule has 1 aromatic rings. The lowest BCUT2D eigenvalue weighted by Crippen LogP contribution is -2.51. The van der Waals surface area contributed by atoms with Crippen molar-refractivity contribution in [1.82, 2.24) is 10.6 Å². The number of thiol groups is 1. The maximum atomic E-state index is 13.1. The number of aliphatic carboxylic acids is 1. The largest absolute Gasteiger partial charge is 0.480 e. The zero-order valence-electron chi connectivity index (χ0n) is 18.3. The van der Waals surface area contributed by atoms with E-state index in [9.17, 15) is 24.6 Å². The zero-order valence-corrected chi connectivity index (χ0v) is 20.0. The number of carboxylic acid groups (broad SMARTS) is 1. The van der Waals surface area contributed by atoms with Gasteiger partial charge in [-0.25, -0.2) is 4.79 Å². The number of carbonyl (C=O) groups is 3. The molecule has 1 aliphatic rings. The van der Waals surface area contributed by atoms with E-state index in [2.05, 4.69) is 23.3 Å². The zero-order chi connectivity index (χ0) is 23.8. The maximum absolute atomic E-state index is 13.1. The predicted octanol–water partition coefficient (Wildman–Crippen LogP) is 0.852. The molecule has 0 aliphatic heterocycles. The third-order valence-electron chi connectivity index (χ3n) is 5.90. The smallest absolute Gasteiger partial charge is 0.326 e. The van der Waals surface area contributed by atoms with Gasteiger partial charge in [-0.1, -0.05) is 37.3 Å². The molecule has 1 aliphatic carbocycles. The Morgan fingerprint density at radius 2 is 1.88 bits per heavy atom. The molecule has 0 unspecified atom stereocenters. The molecule has 178 valence electrons. The predicted molar refractivity (Wildman–Crippen MR) is 129 cm³/mol. The first-order valence-electron chi connectivity index (χ1n) is 10.7. The number of nitrogens with two attached hydrogens (primary N) is 1. The number of hydrogen-bond donors (Lipinski definition) is 6. The molecule has 8 nitrogen and oxygen atoms in total. The van der Waals surface area contributed by atoms with Crippen LogP contribution in [0.4, 0.5) is 0 Å². The first-order chi connectivity index (χ1) is 15.3. The number of carboxylic acids is 1. The molecule has 0 saturated heterocycles. The van der Waals surface area contributed by atoms with Crippen LogP contribution in [0.1, 0.15) is 31.2 Å². The van der Waals surface area contributed by atoms with Crippen LogP contribution in [0.15, 0.2) is 30.3 Å². The molecule has 1 fully saturated rings. The fourth-order valence-electron chi connectivity index (χ4n) is 4.03. The van der Waals surface area contributed by atoms with Gasteiger partial charge in [0.05, 0.1) is 24.1 Å². The standard InChI is InChI=1S/C22H33N3O5S2/c1-3-14(24-20(27)13(23)11-31)19(26)17-16(12-7-5-4-6-8-12)18(17)21(28)25-15(22(29)30)9-10-32-2/h4-8,13-19,26,31H,3,9-11,23H2,1-2H3,(H,24,27)(H,25,28)(H,29,30)/t13-,14-,15-,16-,17+,18+,19+/m0/s1. The van der Waals surface area contributed by atoms with Crippen molar-refractivity contribution >= 4 is 42.2 Å². The number of amides is 2. The Labute approximate surface area is 198 Å². The summed E-state index contributed by atoms with van der Waals surface area (Å²) in [6, 6.07) is 6.98. The molecular weight excluding hydrogens is 450 g/mol. The van der Waals surface area contributed by atoms with Gasteiger partial charge in [0.1, 0.15) is 6.04 Å². The number of carbonyl (C=O) groups excluding carboxylic acids is 2. The van der Waals surface area contributed by atoms with Gasteiger partial charge in [0.2, 0.25) is 11.8 Å². The summed E-state index contributed by atoms with van der Waals surface area (Å²) in [6.45, 7) is 1.83. The molecule has 0 radical (unpaired) electrons. The van der Waals surface area contributed by atoms with Crippen LogP contribution in [0, 0.1) is 11.8 Å². The Bertz CT molecular complexity index is 782. The van der Waals surface area contributed by atoms with Crippen LogP contribution in [0.3, 0.4) is 0 Å².